The molecule has 0 amide bonds. The molecule has 0 aliphatic carbocycles. The van der Waals surface area contributed by atoms with E-state index in [0.717, 1.165) is 12.0 Å². The van der Waals surface area contributed by atoms with Gasteiger partial charge in [0.05, 0.1) is 5.56 Å². The van der Waals surface area contributed by atoms with Crippen LogP contribution in [0.2, 0.25) is 0 Å². The Labute approximate surface area is 117 Å². The van der Waals surface area contributed by atoms with Gasteiger partial charge in [-0.2, -0.15) is 0 Å². The summed E-state index contributed by atoms with van der Waals surface area (Å²) in [4.78, 5) is 0. The summed E-state index contributed by atoms with van der Waals surface area (Å²) in [6, 6.07) is 10.9. The highest BCUT2D eigenvalue weighted by atomic mass is 19.1. The largest absolute Gasteiger partial charge is 0.507 e. The van der Waals surface area contributed by atoms with Crippen molar-refractivity contribution < 1.29 is 14.6 Å². The number of phenols is 2. The van der Waals surface area contributed by atoms with Crippen LogP contribution in [0.3, 0.4) is 0 Å². The van der Waals surface area contributed by atoms with Crippen LogP contribution in [-0.4, -0.2) is 16.8 Å². The first-order chi connectivity index (χ1) is 9.58. The molecule has 4 heteroatoms. The third-order valence-corrected chi connectivity index (χ3v) is 3.27. The maximum Gasteiger partial charge on any atom is 0.124 e. The molecule has 0 aliphatic rings. The molecule has 0 saturated carbocycles. The molecule has 0 bridgehead atoms. The summed E-state index contributed by atoms with van der Waals surface area (Å²) in [6.07, 6.45) is 0.749. The molecule has 1 unspecified atom stereocenters. The van der Waals surface area contributed by atoms with Crippen molar-refractivity contribution in [2.75, 3.05) is 6.54 Å². The van der Waals surface area contributed by atoms with E-state index < -0.39 is 0 Å². The number of hydrogen-bond acceptors (Lipinski definition) is 3. The second-order valence-electron chi connectivity index (χ2n) is 4.76. The number of benzene rings is 2. The van der Waals surface area contributed by atoms with Gasteiger partial charge < -0.3 is 15.5 Å². The SMILES string of the molecule is CC(NCCc1ccc(F)cc1)c1c(O)cccc1O. The summed E-state index contributed by atoms with van der Waals surface area (Å²) >= 11 is 0. The van der Waals surface area contributed by atoms with E-state index in [2.05, 4.69) is 5.32 Å². The molecule has 2 aromatic carbocycles. The minimum absolute atomic E-state index is 0.0757. The fourth-order valence-corrected chi connectivity index (χ4v) is 2.17. The second-order valence-corrected chi connectivity index (χ2v) is 4.76. The van der Waals surface area contributed by atoms with Crippen LogP contribution < -0.4 is 5.32 Å². The molecule has 2 aromatic rings. The fraction of sp³-hybridized carbons (Fsp3) is 0.250. The molecule has 0 heterocycles. The van der Waals surface area contributed by atoms with E-state index in [1.165, 1.54) is 12.1 Å². The average molecular weight is 275 g/mol. The Morgan fingerprint density at radius 1 is 1.05 bits per heavy atom. The maximum absolute atomic E-state index is 12.8. The van der Waals surface area contributed by atoms with Gasteiger partial charge in [-0.3, -0.25) is 0 Å². The van der Waals surface area contributed by atoms with Crippen molar-refractivity contribution in [3.8, 4) is 11.5 Å². The first kappa shape index (κ1) is 14.3. The minimum Gasteiger partial charge on any atom is -0.507 e. The highest BCUT2D eigenvalue weighted by molar-refractivity contribution is 5.44. The van der Waals surface area contributed by atoms with Crippen molar-refractivity contribution in [1.29, 1.82) is 0 Å². The maximum atomic E-state index is 12.8. The van der Waals surface area contributed by atoms with Gasteiger partial charge >= 0.3 is 0 Å². The summed E-state index contributed by atoms with van der Waals surface area (Å²) in [5.74, 6) is -0.0900. The van der Waals surface area contributed by atoms with Gasteiger partial charge in [-0.25, -0.2) is 4.39 Å². The predicted octanol–water partition coefficient (Wildman–Crippen LogP) is 3.13. The van der Waals surface area contributed by atoms with E-state index >= 15 is 0 Å². The number of aromatic hydroxyl groups is 2. The van der Waals surface area contributed by atoms with Crippen molar-refractivity contribution in [3.05, 3.63) is 59.4 Å². The first-order valence-electron chi connectivity index (χ1n) is 6.56. The van der Waals surface area contributed by atoms with Gasteiger partial charge in [0.15, 0.2) is 0 Å². The highest BCUT2D eigenvalue weighted by Gasteiger charge is 2.14. The Hall–Kier alpha value is -2.07. The van der Waals surface area contributed by atoms with E-state index in [9.17, 15) is 14.6 Å². The third-order valence-electron chi connectivity index (χ3n) is 3.27. The Bertz CT molecular complexity index is 549. The van der Waals surface area contributed by atoms with Crippen LogP contribution in [0.5, 0.6) is 11.5 Å². The normalized spacial score (nSPS) is 12.3. The van der Waals surface area contributed by atoms with Gasteiger partial charge in [-0.15, -0.1) is 0 Å². The molecule has 3 N–H and O–H groups in total. The molecule has 0 aliphatic heterocycles. The van der Waals surface area contributed by atoms with Crippen molar-refractivity contribution in [2.45, 2.75) is 19.4 Å². The van der Waals surface area contributed by atoms with Crippen molar-refractivity contribution in [1.82, 2.24) is 5.32 Å². The molecule has 0 radical (unpaired) electrons. The number of nitrogens with one attached hydrogen (secondary N) is 1. The van der Waals surface area contributed by atoms with Gasteiger partial charge in [0.25, 0.3) is 0 Å². The Morgan fingerprint density at radius 2 is 1.65 bits per heavy atom. The van der Waals surface area contributed by atoms with Crippen LogP contribution in [0, 0.1) is 5.82 Å². The molecule has 0 saturated heterocycles. The van der Waals surface area contributed by atoms with Gasteiger partial charge in [-0.05, 0) is 49.7 Å². The van der Waals surface area contributed by atoms with Crippen LogP contribution >= 0.6 is 0 Å². The van der Waals surface area contributed by atoms with Crippen molar-refractivity contribution in [2.24, 2.45) is 0 Å². The molecular weight excluding hydrogens is 257 g/mol. The molecule has 0 fully saturated rings. The van der Waals surface area contributed by atoms with E-state index in [1.807, 2.05) is 6.92 Å². The van der Waals surface area contributed by atoms with E-state index in [4.69, 9.17) is 0 Å². The fourth-order valence-electron chi connectivity index (χ4n) is 2.17. The zero-order chi connectivity index (χ0) is 14.5. The lowest BCUT2D eigenvalue weighted by molar-refractivity contribution is 0.419. The van der Waals surface area contributed by atoms with E-state index in [-0.39, 0.29) is 23.4 Å². The molecule has 20 heavy (non-hydrogen) atoms. The lowest BCUT2D eigenvalue weighted by Crippen LogP contribution is -2.21. The number of phenolic OH excluding ortho intramolecular Hbond substituents is 2. The molecule has 3 nitrogen and oxygen atoms in total. The van der Waals surface area contributed by atoms with E-state index in [0.29, 0.717) is 12.1 Å². The zero-order valence-electron chi connectivity index (χ0n) is 11.3. The van der Waals surface area contributed by atoms with Crippen molar-refractivity contribution in [3.63, 3.8) is 0 Å². The van der Waals surface area contributed by atoms with Gasteiger partial charge in [-0.1, -0.05) is 18.2 Å². The van der Waals surface area contributed by atoms with Crippen LogP contribution in [0.1, 0.15) is 24.1 Å². The number of hydrogen-bond donors (Lipinski definition) is 3. The molecule has 1 atom stereocenters. The Morgan fingerprint density at radius 3 is 2.25 bits per heavy atom. The second kappa shape index (κ2) is 6.39. The van der Waals surface area contributed by atoms with Crippen LogP contribution in [0.25, 0.3) is 0 Å². The molecule has 2 rings (SSSR count). The summed E-state index contributed by atoms with van der Waals surface area (Å²) in [5, 5.41) is 22.8. The summed E-state index contributed by atoms with van der Waals surface area (Å²) in [6.45, 7) is 2.54. The van der Waals surface area contributed by atoms with Gasteiger partial charge in [0.2, 0.25) is 0 Å². The number of rotatable bonds is 5. The lowest BCUT2D eigenvalue weighted by atomic mass is 10.1. The molecule has 0 spiro atoms. The monoisotopic (exact) mass is 275 g/mol. The minimum atomic E-state index is -0.241. The average Bonchev–Trinajstić information content (AvgIpc) is 2.41. The standard InChI is InChI=1S/C16H18FNO2/c1-11(16-14(19)3-2-4-15(16)20)18-10-9-12-5-7-13(17)8-6-12/h2-8,11,18-20H,9-10H2,1H3. The smallest absolute Gasteiger partial charge is 0.124 e. The predicted molar refractivity (Wildman–Crippen MR) is 76.3 cm³/mol. The quantitative estimate of drug-likeness (QED) is 0.785. The van der Waals surface area contributed by atoms with Crippen molar-refractivity contribution >= 4 is 0 Å². The summed E-state index contributed by atoms with van der Waals surface area (Å²) in [5.41, 5.74) is 1.53. The van der Waals surface area contributed by atoms with Crippen LogP contribution in [0.15, 0.2) is 42.5 Å². The molecule has 0 aromatic heterocycles. The van der Waals surface area contributed by atoms with Crippen LogP contribution in [-0.2, 0) is 6.42 Å². The first-order valence-corrected chi connectivity index (χ1v) is 6.56. The van der Waals surface area contributed by atoms with E-state index in [1.54, 1.807) is 30.3 Å². The number of halogens is 1. The lowest BCUT2D eigenvalue weighted by Gasteiger charge is -2.16. The van der Waals surface area contributed by atoms with Gasteiger partial charge in [0, 0.05) is 6.04 Å². The molecular formula is C16H18FNO2. The highest BCUT2D eigenvalue weighted by Crippen LogP contribution is 2.31. The molecule has 106 valence electrons. The summed E-state index contributed by atoms with van der Waals surface area (Å²) in [7, 11) is 0. The van der Waals surface area contributed by atoms with Crippen LogP contribution in [0.4, 0.5) is 4.39 Å². The Kier molecular flexibility index (Phi) is 4.58. The van der Waals surface area contributed by atoms with Gasteiger partial charge in [0.1, 0.15) is 17.3 Å². The summed E-state index contributed by atoms with van der Waals surface area (Å²) < 4.78 is 12.8. The third kappa shape index (κ3) is 3.48. The zero-order valence-corrected chi connectivity index (χ0v) is 11.3. The topological polar surface area (TPSA) is 52.5 Å². The Balaban J connectivity index is 1.92.